The van der Waals surface area contributed by atoms with Gasteiger partial charge in [-0.2, -0.15) is 0 Å². The zero-order valence-electron chi connectivity index (χ0n) is 8.03. The molecule has 3 N–H and O–H groups in total. The van der Waals surface area contributed by atoms with Crippen LogP contribution < -0.4 is 11.3 Å². The van der Waals surface area contributed by atoms with E-state index < -0.39 is 0 Å². The van der Waals surface area contributed by atoms with Gasteiger partial charge in [-0.05, 0) is 32.3 Å². The summed E-state index contributed by atoms with van der Waals surface area (Å²) in [7, 11) is 0. The second-order valence-corrected chi connectivity index (χ2v) is 3.90. The van der Waals surface area contributed by atoms with Crippen molar-refractivity contribution < 1.29 is 0 Å². The Hall–Kier alpha value is -0.780. The van der Waals surface area contributed by atoms with Crippen molar-refractivity contribution in [2.24, 2.45) is 5.84 Å². The van der Waals surface area contributed by atoms with E-state index in [-0.39, 0.29) is 6.04 Å². The molecular weight excluding hydrogens is 184 g/mol. The molecule has 1 aromatic heterocycles. The van der Waals surface area contributed by atoms with Crippen molar-refractivity contribution in [2.45, 2.75) is 26.8 Å². The molecule has 5 heteroatoms. The molecule has 0 aromatic carbocycles. The number of allylic oxidation sites excluding steroid dienone is 1. The molecule has 0 aliphatic carbocycles. The van der Waals surface area contributed by atoms with Crippen molar-refractivity contribution in [3.8, 4) is 0 Å². The smallest absolute Gasteiger partial charge is 0.0776 e. The highest BCUT2D eigenvalue weighted by atomic mass is 32.1. The molecule has 1 heterocycles. The average Bonchev–Trinajstić information content (AvgIpc) is 2.47. The Balaban J connectivity index is 2.91. The molecule has 0 bridgehead atoms. The Kier molecular flexibility index (Phi) is 3.53. The molecule has 1 atom stereocenters. The lowest BCUT2D eigenvalue weighted by Crippen LogP contribution is -2.26. The molecule has 0 aliphatic heterocycles. The lowest BCUT2D eigenvalue weighted by atomic mass is 10.1. The van der Waals surface area contributed by atoms with Crippen LogP contribution in [0, 0.1) is 6.92 Å². The van der Waals surface area contributed by atoms with Crippen molar-refractivity contribution in [3.05, 3.63) is 22.2 Å². The number of nitrogens with zero attached hydrogens (tertiary/aromatic N) is 2. The van der Waals surface area contributed by atoms with Gasteiger partial charge in [-0.1, -0.05) is 16.1 Å². The molecule has 13 heavy (non-hydrogen) atoms. The molecule has 1 unspecified atom stereocenters. The third-order valence-electron chi connectivity index (χ3n) is 1.65. The summed E-state index contributed by atoms with van der Waals surface area (Å²) in [4.78, 5) is 1.07. The number of aryl methyl sites for hydroxylation is 1. The van der Waals surface area contributed by atoms with Crippen molar-refractivity contribution in [1.82, 2.24) is 15.0 Å². The summed E-state index contributed by atoms with van der Waals surface area (Å²) in [5, 5.41) is 3.94. The molecule has 0 saturated carbocycles. The first-order chi connectivity index (χ1) is 6.15. The van der Waals surface area contributed by atoms with E-state index in [9.17, 15) is 0 Å². The highest BCUT2D eigenvalue weighted by Crippen LogP contribution is 2.21. The fraction of sp³-hybridized carbons (Fsp3) is 0.500. The van der Waals surface area contributed by atoms with Gasteiger partial charge in [0.25, 0.3) is 0 Å². The lowest BCUT2D eigenvalue weighted by molar-refractivity contribution is 0.657. The summed E-state index contributed by atoms with van der Waals surface area (Å²) >= 11 is 1.38. The van der Waals surface area contributed by atoms with Crippen molar-refractivity contribution in [3.63, 3.8) is 0 Å². The summed E-state index contributed by atoms with van der Waals surface area (Å²) in [6.45, 7) is 6.00. The first-order valence-corrected chi connectivity index (χ1v) is 4.82. The predicted octanol–water partition coefficient (Wildman–Crippen LogP) is 1.32. The van der Waals surface area contributed by atoms with E-state index in [2.05, 4.69) is 21.1 Å². The van der Waals surface area contributed by atoms with Gasteiger partial charge in [0.15, 0.2) is 0 Å². The fourth-order valence-electron chi connectivity index (χ4n) is 1.06. The van der Waals surface area contributed by atoms with Crippen LogP contribution in [0.5, 0.6) is 0 Å². The van der Waals surface area contributed by atoms with E-state index in [0.717, 1.165) is 10.6 Å². The molecule has 0 fully saturated rings. The zero-order chi connectivity index (χ0) is 9.84. The Labute approximate surface area is 82.0 Å². The Morgan fingerprint density at radius 2 is 2.31 bits per heavy atom. The highest BCUT2D eigenvalue weighted by molar-refractivity contribution is 7.05. The van der Waals surface area contributed by atoms with E-state index in [4.69, 9.17) is 5.84 Å². The highest BCUT2D eigenvalue weighted by Gasteiger charge is 2.12. The van der Waals surface area contributed by atoms with Crippen LogP contribution in [-0.2, 0) is 0 Å². The summed E-state index contributed by atoms with van der Waals surface area (Å²) in [6.07, 6.45) is 2.06. The van der Waals surface area contributed by atoms with Gasteiger partial charge in [0.1, 0.15) is 0 Å². The summed E-state index contributed by atoms with van der Waals surface area (Å²) < 4.78 is 3.86. The van der Waals surface area contributed by atoms with Crippen LogP contribution in [0.1, 0.15) is 30.5 Å². The third-order valence-corrected chi connectivity index (χ3v) is 2.56. The normalized spacial score (nSPS) is 12.6. The van der Waals surface area contributed by atoms with Crippen LogP contribution in [-0.4, -0.2) is 9.59 Å². The molecule has 4 nitrogen and oxygen atoms in total. The van der Waals surface area contributed by atoms with Crippen LogP contribution in [0.3, 0.4) is 0 Å². The molecule has 72 valence electrons. The second kappa shape index (κ2) is 4.45. The minimum absolute atomic E-state index is 0.0324. The monoisotopic (exact) mass is 198 g/mol. The van der Waals surface area contributed by atoms with Gasteiger partial charge in [-0.25, -0.2) is 5.43 Å². The molecular formula is C8H14N4S. The predicted molar refractivity (Wildman–Crippen MR) is 54.1 cm³/mol. The largest absolute Gasteiger partial charge is 0.271 e. The first-order valence-electron chi connectivity index (χ1n) is 4.05. The molecule has 1 aromatic rings. The number of nitrogens with two attached hydrogens (primary N) is 1. The van der Waals surface area contributed by atoms with Gasteiger partial charge in [0.05, 0.1) is 16.6 Å². The summed E-state index contributed by atoms with van der Waals surface area (Å²) in [6, 6.07) is 0.0324. The van der Waals surface area contributed by atoms with Gasteiger partial charge in [0, 0.05) is 0 Å². The summed E-state index contributed by atoms with van der Waals surface area (Å²) in [5.74, 6) is 5.44. The van der Waals surface area contributed by atoms with Crippen molar-refractivity contribution >= 4 is 11.5 Å². The standard InChI is InChI=1S/C8H14N4S/c1-5(2)4-7(10-9)8-6(3)11-12-13-8/h4,7,10H,9H2,1-3H3. The SMILES string of the molecule is CC(C)=CC(NN)c1snnc1C. The van der Waals surface area contributed by atoms with Gasteiger partial charge in [-0.3, -0.25) is 5.84 Å². The fourth-order valence-corrected chi connectivity index (χ4v) is 1.73. The Morgan fingerprint density at radius 3 is 2.69 bits per heavy atom. The Morgan fingerprint density at radius 1 is 1.62 bits per heavy atom. The number of nitrogens with one attached hydrogen (secondary N) is 1. The van der Waals surface area contributed by atoms with E-state index in [1.807, 2.05) is 20.8 Å². The lowest BCUT2D eigenvalue weighted by Gasteiger charge is -2.09. The maximum absolute atomic E-state index is 5.44. The van der Waals surface area contributed by atoms with Crippen LogP contribution in [0.15, 0.2) is 11.6 Å². The average molecular weight is 198 g/mol. The Bertz CT molecular complexity index is 301. The molecule has 0 aliphatic rings. The van der Waals surface area contributed by atoms with Gasteiger partial charge in [0.2, 0.25) is 0 Å². The van der Waals surface area contributed by atoms with Gasteiger partial charge >= 0.3 is 0 Å². The third kappa shape index (κ3) is 2.58. The number of aromatic nitrogens is 2. The van der Waals surface area contributed by atoms with E-state index in [0.29, 0.717) is 0 Å². The van der Waals surface area contributed by atoms with Crippen molar-refractivity contribution in [2.75, 3.05) is 0 Å². The number of hydrogen-bond donors (Lipinski definition) is 2. The maximum Gasteiger partial charge on any atom is 0.0776 e. The number of hydrogen-bond acceptors (Lipinski definition) is 5. The van der Waals surface area contributed by atoms with Crippen molar-refractivity contribution in [1.29, 1.82) is 0 Å². The van der Waals surface area contributed by atoms with E-state index in [1.54, 1.807) is 0 Å². The van der Waals surface area contributed by atoms with Crippen LogP contribution >= 0.6 is 11.5 Å². The second-order valence-electron chi connectivity index (χ2n) is 3.11. The minimum atomic E-state index is 0.0324. The van der Waals surface area contributed by atoms with Crippen LogP contribution in [0.2, 0.25) is 0 Å². The van der Waals surface area contributed by atoms with E-state index >= 15 is 0 Å². The van der Waals surface area contributed by atoms with Crippen LogP contribution in [0.25, 0.3) is 0 Å². The molecule has 0 amide bonds. The van der Waals surface area contributed by atoms with Crippen LogP contribution in [0.4, 0.5) is 0 Å². The summed E-state index contributed by atoms with van der Waals surface area (Å²) in [5.41, 5.74) is 4.88. The molecule has 0 spiro atoms. The molecule has 0 radical (unpaired) electrons. The number of hydrazine groups is 1. The molecule has 0 saturated heterocycles. The topological polar surface area (TPSA) is 63.8 Å². The number of rotatable bonds is 3. The minimum Gasteiger partial charge on any atom is -0.271 e. The van der Waals surface area contributed by atoms with Gasteiger partial charge < -0.3 is 0 Å². The first kappa shape index (κ1) is 10.3. The maximum atomic E-state index is 5.44. The molecule has 1 rings (SSSR count). The quantitative estimate of drug-likeness (QED) is 0.437. The zero-order valence-corrected chi connectivity index (χ0v) is 8.85. The van der Waals surface area contributed by atoms with Gasteiger partial charge in [-0.15, -0.1) is 5.10 Å². The van der Waals surface area contributed by atoms with E-state index in [1.165, 1.54) is 17.1 Å².